The van der Waals surface area contributed by atoms with Crippen LogP contribution in [0.3, 0.4) is 0 Å². The van der Waals surface area contributed by atoms with Crippen LogP contribution in [0.4, 0.5) is 26.3 Å². The Hall–Kier alpha value is -2.10. The van der Waals surface area contributed by atoms with Gasteiger partial charge in [0.1, 0.15) is 22.9 Å². The van der Waals surface area contributed by atoms with E-state index in [1.165, 1.54) is 0 Å². The van der Waals surface area contributed by atoms with Gasteiger partial charge in [0, 0.05) is 10.5 Å². The van der Waals surface area contributed by atoms with Gasteiger partial charge in [-0.1, -0.05) is 15.9 Å². The minimum absolute atomic E-state index is 0.0811. The Labute approximate surface area is 138 Å². The van der Waals surface area contributed by atoms with Gasteiger partial charge in [0.05, 0.1) is 0 Å². The maximum atomic E-state index is 14.1. The largest absolute Gasteiger partial charge is 0.586 e. The summed E-state index contributed by atoms with van der Waals surface area (Å²) >= 11 is 2.76. The van der Waals surface area contributed by atoms with E-state index in [4.69, 9.17) is 0 Å². The van der Waals surface area contributed by atoms with Crippen LogP contribution in [-0.4, -0.2) is 6.29 Å². The molecule has 3 nitrogen and oxygen atoms in total. The fourth-order valence-electron chi connectivity index (χ4n) is 2.01. The molecule has 0 N–H and O–H groups in total. The topological polar surface area (TPSA) is 27.7 Å². The van der Waals surface area contributed by atoms with Crippen LogP contribution in [-0.2, 0) is 6.11 Å². The number of ether oxygens (including phenoxy) is 3. The summed E-state index contributed by atoms with van der Waals surface area (Å²) in [5, 5.41) is 0. The highest BCUT2D eigenvalue weighted by Gasteiger charge is 2.45. The Morgan fingerprint density at radius 1 is 0.958 bits per heavy atom. The van der Waals surface area contributed by atoms with Crippen LogP contribution in [0, 0.1) is 11.6 Å². The number of fused-ring (bicyclic) bond motifs is 1. The average Bonchev–Trinajstić information content (AvgIpc) is 2.69. The number of hydrogen-bond donors (Lipinski definition) is 0. The van der Waals surface area contributed by atoms with Gasteiger partial charge in [-0.3, -0.25) is 0 Å². The molecular formula is C14H5BrF6O3. The Balaban J connectivity index is 1.91. The van der Waals surface area contributed by atoms with Crippen LogP contribution in [0.2, 0.25) is 0 Å². The Morgan fingerprint density at radius 2 is 1.54 bits per heavy atom. The molecule has 0 spiro atoms. The second-order valence-corrected chi connectivity index (χ2v) is 5.55. The van der Waals surface area contributed by atoms with Gasteiger partial charge in [0.25, 0.3) is 0 Å². The first-order chi connectivity index (χ1) is 11.1. The zero-order valence-electron chi connectivity index (χ0n) is 11.3. The van der Waals surface area contributed by atoms with Crippen molar-refractivity contribution in [2.24, 2.45) is 0 Å². The highest BCUT2D eigenvalue weighted by molar-refractivity contribution is 9.10. The van der Waals surface area contributed by atoms with Gasteiger partial charge >= 0.3 is 12.4 Å². The quantitative estimate of drug-likeness (QED) is 0.648. The molecule has 0 bridgehead atoms. The first kappa shape index (κ1) is 16.7. The highest BCUT2D eigenvalue weighted by atomic mass is 79.9. The molecule has 0 aromatic heterocycles. The molecule has 1 aliphatic rings. The van der Waals surface area contributed by atoms with Crippen LogP contribution < -0.4 is 14.2 Å². The van der Waals surface area contributed by atoms with Crippen molar-refractivity contribution in [2.75, 3.05) is 0 Å². The van der Waals surface area contributed by atoms with E-state index in [2.05, 4.69) is 30.1 Å². The predicted molar refractivity (Wildman–Crippen MR) is 71.2 cm³/mol. The Bertz CT molecular complexity index is 788. The van der Waals surface area contributed by atoms with E-state index in [0.29, 0.717) is 18.2 Å². The van der Waals surface area contributed by atoms with Crippen LogP contribution in [0.25, 0.3) is 0 Å². The van der Waals surface area contributed by atoms with Crippen LogP contribution >= 0.6 is 15.9 Å². The number of alkyl halides is 4. The summed E-state index contributed by atoms with van der Waals surface area (Å²) in [6, 6.07) is 3.73. The fourth-order valence-corrected chi connectivity index (χ4v) is 2.41. The summed E-state index contributed by atoms with van der Waals surface area (Å²) in [7, 11) is 0. The van der Waals surface area contributed by atoms with Crippen molar-refractivity contribution in [1.82, 2.24) is 0 Å². The molecule has 2 aromatic rings. The lowest BCUT2D eigenvalue weighted by atomic mass is 10.2. The van der Waals surface area contributed by atoms with Gasteiger partial charge in [-0.25, -0.2) is 8.78 Å². The summed E-state index contributed by atoms with van der Waals surface area (Å²) in [5.74, 6) is -4.68. The molecule has 0 amide bonds. The van der Waals surface area contributed by atoms with E-state index >= 15 is 0 Å². The van der Waals surface area contributed by atoms with Crippen molar-refractivity contribution >= 4 is 15.9 Å². The van der Waals surface area contributed by atoms with Crippen LogP contribution in [0.5, 0.6) is 17.2 Å². The maximum Gasteiger partial charge on any atom is 0.586 e. The Morgan fingerprint density at radius 3 is 2.17 bits per heavy atom. The predicted octanol–water partition coefficient (Wildman–Crippen LogP) is 5.18. The van der Waals surface area contributed by atoms with Crippen molar-refractivity contribution in [2.45, 2.75) is 12.4 Å². The number of benzene rings is 2. The summed E-state index contributed by atoms with van der Waals surface area (Å²) in [5.41, 5.74) is -1.62. The maximum absolute atomic E-state index is 14.1. The van der Waals surface area contributed by atoms with Crippen molar-refractivity contribution in [3.63, 3.8) is 0 Å². The van der Waals surface area contributed by atoms with Gasteiger partial charge in [0.15, 0.2) is 11.5 Å². The van der Waals surface area contributed by atoms with Gasteiger partial charge in [-0.05, 0) is 24.3 Å². The normalized spacial score (nSPS) is 15.5. The van der Waals surface area contributed by atoms with E-state index in [-0.39, 0.29) is 4.47 Å². The van der Waals surface area contributed by atoms with E-state index in [1.807, 2.05) is 0 Å². The molecule has 0 fully saturated rings. The lowest BCUT2D eigenvalue weighted by molar-refractivity contribution is -0.286. The molecule has 0 saturated heterocycles. The number of rotatable bonds is 3. The monoisotopic (exact) mass is 414 g/mol. The summed E-state index contributed by atoms with van der Waals surface area (Å²) < 4.78 is 93.6. The van der Waals surface area contributed by atoms with Gasteiger partial charge < -0.3 is 14.2 Å². The third-order valence-corrected chi connectivity index (χ3v) is 3.37. The van der Waals surface area contributed by atoms with Crippen molar-refractivity contribution in [1.29, 1.82) is 0 Å². The SMILES string of the molecule is Fc1cc(Br)cc(F)c1C(F)(F)Oc1ccc2c(c1)OC(F)(F)O2. The molecule has 1 aliphatic heterocycles. The smallest absolute Gasteiger partial charge is 0.429 e. The first-order valence-corrected chi connectivity index (χ1v) is 6.98. The van der Waals surface area contributed by atoms with Gasteiger partial charge in [-0.15, -0.1) is 8.78 Å². The van der Waals surface area contributed by atoms with Crippen LogP contribution in [0.1, 0.15) is 5.56 Å². The second kappa shape index (κ2) is 5.47. The summed E-state index contributed by atoms with van der Waals surface area (Å²) in [6.07, 6.45) is -8.33. The molecule has 128 valence electrons. The van der Waals surface area contributed by atoms with Gasteiger partial charge in [0.2, 0.25) is 0 Å². The lowest BCUT2D eigenvalue weighted by Gasteiger charge is -2.19. The average molecular weight is 415 g/mol. The third kappa shape index (κ3) is 3.10. The molecule has 0 aliphatic carbocycles. The molecule has 0 saturated carbocycles. The van der Waals surface area contributed by atoms with Crippen molar-refractivity contribution < 1.29 is 40.6 Å². The highest BCUT2D eigenvalue weighted by Crippen LogP contribution is 2.44. The van der Waals surface area contributed by atoms with Crippen molar-refractivity contribution in [3.8, 4) is 17.2 Å². The van der Waals surface area contributed by atoms with E-state index in [1.54, 1.807) is 0 Å². The molecule has 24 heavy (non-hydrogen) atoms. The molecule has 3 rings (SSSR count). The fraction of sp³-hybridized carbons (Fsp3) is 0.143. The zero-order valence-corrected chi connectivity index (χ0v) is 12.8. The molecule has 0 unspecified atom stereocenters. The lowest BCUT2D eigenvalue weighted by Crippen LogP contribution is -2.26. The first-order valence-electron chi connectivity index (χ1n) is 6.19. The molecule has 0 atom stereocenters. The minimum Gasteiger partial charge on any atom is -0.429 e. The van der Waals surface area contributed by atoms with E-state index in [0.717, 1.165) is 12.1 Å². The second-order valence-electron chi connectivity index (χ2n) is 4.64. The third-order valence-electron chi connectivity index (χ3n) is 2.92. The molecule has 0 radical (unpaired) electrons. The molecule has 2 aromatic carbocycles. The number of halogens is 7. The minimum atomic E-state index is -4.40. The summed E-state index contributed by atoms with van der Waals surface area (Å²) in [6.45, 7) is 0. The van der Waals surface area contributed by atoms with Crippen molar-refractivity contribution in [3.05, 3.63) is 52.0 Å². The number of hydrogen-bond acceptors (Lipinski definition) is 3. The van der Waals surface area contributed by atoms with E-state index < -0.39 is 46.8 Å². The summed E-state index contributed by atoms with van der Waals surface area (Å²) in [4.78, 5) is 0. The molecular weight excluding hydrogens is 410 g/mol. The molecule has 10 heteroatoms. The standard InChI is InChI=1S/C14H5BrF6O3/c15-6-3-8(16)12(9(17)4-6)13(18,19)22-7-1-2-10-11(5-7)24-14(20,21)23-10/h1-5H. The van der Waals surface area contributed by atoms with Gasteiger partial charge in [-0.2, -0.15) is 8.78 Å². The van der Waals surface area contributed by atoms with Crippen LogP contribution in [0.15, 0.2) is 34.8 Å². The molecule has 1 heterocycles. The Kier molecular flexibility index (Phi) is 3.82. The van der Waals surface area contributed by atoms with E-state index in [9.17, 15) is 26.3 Å². The zero-order chi connectivity index (χ0) is 17.7.